The zero-order chi connectivity index (χ0) is 12.4. The molecule has 3 nitrogen and oxygen atoms in total. The van der Waals surface area contributed by atoms with Crippen molar-refractivity contribution in [3.63, 3.8) is 0 Å². The molecule has 0 aliphatic carbocycles. The van der Waals surface area contributed by atoms with E-state index in [9.17, 15) is 5.11 Å². The first-order valence-electron chi connectivity index (χ1n) is 5.11. The van der Waals surface area contributed by atoms with Crippen LogP contribution < -0.4 is 0 Å². The molecule has 0 bridgehead atoms. The topological polar surface area (TPSA) is 46.3 Å². The number of aromatic nitrogens is 1. The number of oxazole rings is 1. The van der Waals surface area contributed by atoms with Crippen LogP contribution >= 0.6 is 23.4 Å². The summed E-state index contributed by atoms with van der Waals surface area (Å²) in [6, 6.07) is 5.38. The van der Waals surface area contributed by atoms with Crippen molar-refractivity contribution >= 4 is 23.4 Å². The fourth-order valence-corrected chi connectivity index (χ4v) is 2.47. The maximum Gasteiger partial charge on any atom is 0.261 e. The van der Waals surface area contributed by atoms with Gasteiger partial charge in [-0.25, -0.2) is 4.98 Å². The van der Waals surface area contributed by atoms with E-state index in [1.54, 1.807) is 12.1 Å². The number of rotatable bonds is 3. The van der Waals surface area contributed by atoms with Gasteiger partial charge in [0.15, 0.2) is 0 Å². The fraction of sp³-hybridized carbons (Fsp3) is 0.250. The van der Waals surface area contributed by atoms with Crippen molar-refractivity contribution < 1.29 is 9.52 Å². The third-order valence-electron chi connectivity index (χ3n) is 2.40. The molecule has 1 aromatic carbocycles. The standard InChI is InChI=1S/C12H12ClNO2S/c1-7-8(2)16-12(14-7)17-11-4-3-10(13)5-9(11)6-15/h3-5,15H,6H2,1-2H3. The van der Waals surface area contributed by atoms with Gasteiger partial charge in [0.25, 0.3) is 5.22 Å². The van der Waals surface area contributed by atoms with Gasteiger partial charge in [-0.1, -0.05) is 11.6 Å². The molecule has 5 heteroatoms. The van der Waals surface area contributed by atoms with Crippen LogP contribution in [0.15, 0.2) is 32.7 Å². The minimum atomic E-state index is -0.0540. The molecule has 0 radical (unpaired) electrons. The molecule has 17 heavy (non-hydrogen) atoms. The first-order valence-corrected chi connectivity index (χ1v) is 6.30. The van der Waals surface area contributed by atoms with Crippen LogP contribution in [0.5, 0.6) is 0 Å². The molecular formula is C12H12ClNO2S. The van der Waals surface area contributed by atoms with E-state index >= 15 is 0 Å². The smallest absolute Gasteiger partial charge is 0.261 e. The van der Waals surface area contributed by atoms with Crippen molar-refractivity contribution in [3.8, 4) is 0 Å². The molecule has 0 saturated carbocycles. The van der Waals surface area contributed by atoms with Crippen LogP contribution in [-0.2, 0) is 6.61 Å². The van der Waals surface area contributed by atoms with Crippen LogP contribution in [0.3, 0.4) is 0 Å². The summed E-state index contributed by atoms with van der Waals surface area (Å²) in [4.78, 5) is 5.19. The van der Waals surface area contributed by atoms with E-state index in [1.807, 2.05) is 19.9 Å². The molecule has 0 aliphatic rings. The van der Waals surface area contributed by atoms with E-state index in [0.717, 1.165) is 21.9 Å². The van der Waals surface area contributed by atoms with Gasteiger partial charge >= 0.3 is 0 Å². The fourth-order valence-electron chi connectivity index (χ4n) is 1.35. The van der Waals surface area contributed by atoms with E-state index in [0.29, 0.717) is 10.2 Å². The molecule has 0 amide bonds. The van der Waals surface area contributed by atoms with Crippen molar-refractivity contribution in [1.82, 2.24) is 4.98 Å². The van der Waals surface area contributed by atoms with Gasteiger partial charge in [0.1, 0.15) is 5.76 Å². The molecule has 0 atom stereocenters. The summed E-state index contributed by atoms with van der Waals surface area (Å²) in [5.74, 6) is 0.812. The van der Waals surface area contributed by atoms with Gasteiger partial charge in [-0.15, -0.1) is 0 Å². The maximum absolute atomic E-state index is 9.26. The monoisotopic (exact) mass is 269 g/mol. The molecule has 0 unspecified atom stereocenters. The SMILES string of the molecule is Cc1nc(Sc2ccc(Cl)cc2CO)oc1C. The highest BCUT2D eigenvalue weighted by molar-refractivity contribution is 7.99. The Morgan fingerprint density at radius 2 is 2.18 bits per heavy atom. The Labute approximate surface area is 109 Å². The van der Waals surface area contributed by atoms with Gasteiger partial charge in [0, 0.05) is 9.92 Å². The minimum absolute atomic E-state index is 0.0540. The third-order valence-corrected chi connectivity index (χ3v) is 3.60. The molecule has 0 fully saturated rings. The van der Waals surface area contributed by atoms with E-state index in [-0.39, 0.29) is 6.61 Å². The van der Waals surface area contributed by atoms with Crippen molar-refractivity contribution in [2.75, 3.05) is 0 Å². The number of aliphatic hydroxyl groups is 1. The molecule has 90 valence electrons. The third kappa shape index (κ3) is 2.83. The first-order chi connectivity index (χ1) is 8.10. The molecule has 1 heterocycles. The van der Waals surface area contributed by atoms with Crippen LogP contribution in [0, 0.1) is 13.8 Å². The Kier molecular flexibility index (Phi) is 3.76. The van der Waals surface area contributed by atoms with E-state index in [1.165, 1.54) is 11.8 Å². The predicted octanol–water partition coefficient (Wildman–Crippen LogP) is 3.59. The lowest BCUT2D eigenvalue weighted by Gasteiger charge is -2.04. The summed E-state index contributed by atoms with van der Waals surface area (Å²) in [5.41, 5.74) is 1.66. The summed E-state index contributed by atoms with van der Waals surface area (Å²) in [6.45, 7) is 3.72. The largest absolute Gasteiger partial charge is 0.436 e. The molecule has 0 aliphatic heterocycles. The number of nitrogens with zero attached hydrogens (tertiary/aromatic N) is 1. The lowest BCUT2D eigenvalue weighted by Crippen LogP contribution is -1.87. The summed E-state index contributed by atoms with van der Waals surface area (Å²) in [7, 11) is 0. The first kappa shape index (κ1) is 12.5. The quantitative estimate of drug-likeness (QED) is 0.925. The van der Waals surface area contributed by atoms with Crippen LogP contribution in [0.1, 0.15) is 17.0 Å². The zero-order valence-electron chi connectivity index (χ0n) is 9.53. The van der Waals surface area contributed by atoms with Gasteiger partial charge in [-0.2, -0.15) is 0 Å². The Morgan fingerprint density at radius 3 is 2.76 bits per heavy atom. The number of benzene rings is 1. The van der Waals surface area contributed by atoms with E-state index < -0.39 is 0 Å². The molecular weight excluding hydrogens is 258 g/mol. The van der Waals surface area contributed by atoms with Crippen molar-refractivity contribution in [3.05, 3.63) is 40.2 Å². The number of hydrogen-bond acceptors (Lipinski definition) is 4. The maximum atomic E-state index is 9.26. The van der Waals surface area contributed by atoms with Gasteiger partial charge in [-0.05, 0) is 49.4 Å². The van der Waals surface area contributed by atoms with Gasteiger partial charge < -0.3 is 9.52 Å². The van der Waals surface area contributed by atoms with Gasteiger partial charge in [-0.3, -0.25) is 0 Å². The lowest BCUT2D eigenvalue weighted by molar-refractivity contribution is 0.279. The second-order valence-electron chi connectivity index (χ2n) is 3.63. The second kappa shape index (κ2) is 5.12. The Balaban J connectivity index is 2.29. The molecule has 2 rings (SSSR count). The predicted molar refractivity (Wildman–Crippen MR) is 67.5 cm³/mol. The average molecular weight is 270 g/mol. The van der Waals surface area contributed by atoms with Gasteiger partial charge in [0.2, 0.25) is 0 Å². The normalized spacial score (nSPS) is 10.8. The summed E-state index contributed by atoms with van der Waals surface area (Å²) in [5, 5.41) is 10.4. The molecule has 0 spiro atoms. The highest BCUT2D eigenvalue weighted by Gasteiger charge is 2.10. The van der Waals surface area contributed by atoms with Crippen LogP contribution in [0.25, 0.3) is 0 Å². The average Bonchev–Trinajstić information content (AvgIpc) is 2.60. The highest BCUT2D eigenvalue weighted by atomic mass is 35.5. The number of aliphatic hydroxyl groups excluding tert-OH is 1. The summed E-state index contributed by atoms with van der Waals surface area (Å²) in [6.07, 6.45) is 0. The minimum Gasteiger partial charge on any atom is -0.436 e. The number of halogens is 1. The summed E-state index contributed by atoms with van der Waals surface area (Å²) >= 11 is 7.25. The Morgan fingerprint density at radius 1 is 1.41 bits per heavy atom. The van der Waals surface area contributed by atoms with E-state index in [4.69, 9.17) is 16.0 Å². The zero-order valence-corrected chi connectivity index (χ0v) is 11.1. The van der Waals surface area contributed by atoms with Crippen molar-refractivity contribution in [1.29, 1.82) is 0 Å². The van der Waals surface area contributed by atoms with Crippen molar-refractivity contribution in [2.24, 2.45) is 0 Å². The molecule has 2 aromatic rings. The molecule has 1 aromatic heterocycles. The Bertz CT molecular complexity index is 520. The number of hydrogen-bond donors (Lipinski definition) is 1. The van der Waals surface area contributed by atoms with E-state index in [2.05, 4.69) is 4.98 Å². The molecule has 0 saturated heterocycles. The number of aryl methyl sites for hydroxylation is 2. The van der Waals surface area contributed by atoms with Crippen LogP contribution in [0.4, 0.5) is 0 Å². The highest BCUT2D eigenvalue weighted by Crippen LogP contribution is 2.32. The van der Waals surface area contributed by atoms with Crippen LogP contribution in [-0.4, -0.2) is 10.1 Å². The van der Waals surface area contributed by atoms with Crippen molar-refractivity contribution in [2.45, 2.75) is 30.6 Å². The summed E-state index contributed by atoms with van der Waals surface area (Å²) < 4.78 is 5.49. The Hall–Kier alpha value is -0.970. The lowest BCUT2D eigenvalue weighted by atomic mass is 10.2. The van der Waals surface area contributed by atoms with Gasteiger partial charge in [0.05, 0.1) is 12.3 Å². The van der Waals surface area contributed by atoms with Crippen LogP contribution in [0.2, 0.25) is 5.02 Å². The second-order valence-corrected chi connectivity index (χ2v) is 5.06. The molecule has 1 N–H and O–H groups in total.